The third-order valence-electron chi connectivity index (χ3n) is 4.71. The average molecular weight is 370 g/mol. The summed E-state index contributed by atoms with van der Waals surface area (Å²) < 4.78 is 0. The van der Waals surface area contributed by atoms with E-state index in [4.69, 9.17) is 16.9 Å². The van der Waals surface area contributed by atoms with Crippen LogP contribution < -0.4 is 15.1 Å². The van der Waals surface area contributed by atoms with Crippen LogP contribution in [0.2, 0.25) is 5.02 Å². The Bertz CT molecular complexity index is 838. The number of carbonyl (C=O) groups is 1. The fourth-order valence-electron chi connectivity index (χ4n) is 3.27. The molecule has 3 rings (SSSR count). The maximum absolute atomic E-state index is 12.3. The SMILES string of the molecule is Cc1ccccc1N1CC[NH+](CC(=O)Nc2ccc(C#N)c(Cl)c2)CC1. The van der Waals surface area contributed by atoms with Crippen molar-refractivity contribution < 1.29 is 9.69 Å². The molecule has 1 fully saturated rings. The molecule has 0 aromatic heterocycles. The summed E-state index contributed by atoms with van der Waals surface area (Å²) in [4.78, 5) is 16.0. The van der Waals surface area contributed by atoms with Gasteiger partial charge in [-0.05, 0) is 36.8 Å². The summed E-state index contributed by atoms with van der Waals surface area (Å²) in [5, 5.41) is 12.1. The molecule has 1 heterocycles. The van der Waals surface area contributed by atoms with E-state index in [9.17, 15) is 4.79 Å². The number of quaternary nitrogens is 1. The predicted molar refractivity (Wildman–Crippen MR) is 104 cm³/mol. The minimum atomic E-state index is -0.0369. The fraction of sp³-hybridized carbons (Fsp3) is 0.300. The number of benzene rings is 2. The highest BCUT2D eigenvalue weighted by atomic mass is 35.5. The van der Waals surface area contributed by atoms with Gasteiger partial charge in [0.05, 0.1) is 36.8 Å². The van der Waals surface area contributed by atoms with Crippen molar-refractivity contribution in [3.63, 3.8) is 0 Å². The lowest BCUT2D eigenvalue weighted by molar-refractivity contribution is -0.892. The van der Waals surface area contributed by atoms with Crippen molar-refractivity contribution >= 4 is 28.9 Å². The Morgan fingerprint density at radius 2 is 2.00 bits per heavy atom. The molecule has 5 nitrogen and oxygen atoms in total. The lowest BCUT2D eigenvalue weighted by Crippen LogP contribution is -3.15. The van der Waals surface area contributed by atoms with Crippen molar-refractivity contribution in [2.24, 2.45) is 0 Å². The quantitative estimate of drug-likeness (QED) is 0.864. The van der Waals surface area contributed by atoms with Gasteiger partial charge in [0.1, 0.15) is 6.07 Å². The first-order chi connectivity index (χ1) is 12.6. The molecule has 0 saturated carbocycles. The largest absolute Gasteiger partial charge is 0.360 e. The number of nitrogens with one attached hydrogen (secondary N) is 2. The number of halogens is 1. The number of nitrogens with zero attached hydrogens (tertiary/aromatic N) is 2. The first kappa shape index (κ1) is 18.2. The minimum absolute atomic E-state index is 0.0369. The number of carbonyl (C=O) groups excluding carboxylic acids is 1. The third-order valence-corrected chi connectivity index (χ3v) is 5.02. The Morgan fingerprint density at radius 3 is 2.65 bits per heavy atom. The Balaban J connectivity index is 1.51. The zero-order valence-corrected chi connectivity index (χ0v) is 15.5. The molecule has 0 radical (unpaired) electrons. The highest BCUT2D eigenvalue weighted by Gasteiger charge is 2.23. The Morgan fingerprint density at radius 1 is 1.27 bits per heavy atom. The molecule has 1 amide bonds. The van der Waals surface area contributed by atoms with Gasteiger partial charge >= 0.3 is 0 Å². The summed E-state index contributed by atoms with van der Waals surface area (Å²) in [5.74, 6) is -0.0369. The summed E-state index contributed by atoms with van der Waals surface area (Å²) >= 11 is 6.01. The highest BCUT2D eigenvalue weighted by molar-refractivity contribution is 6.32. The summed E-state index contributed by atoms with van der Waals surface area (Å²) in [7, 11) is 0. The number of aryl methyl sites for hydroxylation is 1. The van der Waals surface area contributed by atoms with E-state index in [1.54, 1.807) is 18.2 Å². The molecule has 2 aromatic rings. The summed E-state index contributed by atoms with van der Waals surface area (Å²) in [6, 6.07) is 15.4. The van der Waals surface area contributed by atoms with E-state index in [0.717, 1.165) is 26.2 Å². The van der Waals surface area contributed by atoms with Crippen LogP contribution in [0.4, 0.5) is 11.4 Å². The van der Waals surface area contributed by atoms with Gasteiger partial charge in [0, 0.05) is 11.4 Å². The summed E-state index contributed by atoms with van der Waals surface area (Å²) in [6.07, 6.45) is 0. The normalized spacial score (nSPS) is 14.7. The molecule has 0 atom stereocenters. The smallest absolute Gasteiger partial charge is 0.279 e. The van der Waals surface area contributed by atoms with E-state index in [2.05, 4.69) is 41.4 Å². The van der Waals surface area contributed by atoms with Crippen LogP contribution in [0.5, 0.6) is 0 Å². The highest BCUT2D eigenvalue weighted by Crippen LogP contribution is 2.20. The number of anilines is 2. The number of amides is 1. The minimum Gasteiger partial charge on any atom is -0.360 e. The van der Waals surface area contributed by atoms with Crippen LogP contribution in [-0.2, 0) is 4.79 Å². The van der Waals surface area contributed by atoms with Crippen molar-refractivity contribution in [2.75, 3.05) is 42.9 Å². The van der Waals surface area contributed by atoms with Crippen LogP contribution in [-0.4, -0.2) is 38.6 Å². The van der Waals surface area contributed by atoms with Crippen LogP contribution >= 0.6 is 11.6 Å². The van der Waals surface area contributed by atoms with E-state index in [1.165, 1.54) is 16.2 Å². The molecule has 1 aliphatic heterocycles. The lowest BCUT2D eigenvalue weighted by Gasteiger charge is -2.34. The van der Waals surface area contributed by atoms with Crippen molar-refractivity contribution in [3.8, 4) is 6.07 Å². The average Bonchev–Trinajstić information content (AvgIpc) is 2.63. The number of piperazine rings is 1. The van der Waals surface area contributed by atoms with Gasteiger partial charge in [-0.1, -0.05) is 29.8 Å². The fourth-order valence-corrected chi connectivity index (χ4v) is 3.50. The van der Waals surface area contributed by atoms with Crippen LogP contribution in [0, 0.1) is 18.3 Å². The number of hydrogen-bond donors (Lipinski definition) is 2. The molecule has 0 unspecified atom stereocenters. The second kappa shape index (κ2) is 8.22. The molecular weight excluding hydrogens is 348 g/mol. The summed E-state index contributed by atoms with van der Waals surface area (Å²) in [6.45, 7) is 6.29. The van der Waals surface area contributed by atoms with Gasteiger partial charge in [0.25, 0.3) is 5.91 Å². The van der Waals surface area contributed by atoms with Gasteiger partial charge < -0.3 is 15.1 Å². The number of rotatable bonds is 4. The van der Waals surface area contributed by atoms with Gasteiger partial charge in [-0.3, -0.25) is 4.79 Å². The van der Waals surface area contributed by atoms with Crippen molar-refractivity contribution in [3.05, 3.63) is 58.6 Å². The molecule has 1 aliphatic rings. The molecule has 0 aliphatic carbocycles. The Hall–Kier alpha value is -2.55. The summed E-state index contributed by atoms with van der Waals surface area (Å²) in [5.41, 5.74) is 3.59. The standard InChI is InChI=1S/C20H21ClN4O/c1-15-4-2-3-5-19(15)25-10-8-24(9-11-25)14-20(26)23-17-7-6-16(13-22)18(21)12-17/h2-7,12H,8-11,14H2,1H3,(H,23,26)/p+1. The van der Waals surface area contributed by atoms with Gasteiger partial charge in [-0.15, -0.1) is 0 Å². The second-order valence-electron chi connectivity index (χ2n) is 6.55. The molecule has 26 heavy (non-hydrogen) atoms. The van der Waals surface area contributed by atoms with E-state index >= 15 is 0 Å². The molecule has 6 heteroatoms. The molecule has 134 valence electrons. The Labute approximate surface area is 158 Å². The topological polar surface area (TPSA) is 60.6 Å². The number of hydrogen-bond acceptors (Lipinski definition) is 3. The van der Waals surface area contributed by atoms with Gasteiger partial charge in [-0.2, -0.15) is 5.26 Å². The lowest BCUT2D eigenvalue weighted by atomic mass is 10.1. The first-order valence-electron chi connectivity index (χ1n) is 8.70. The van der Waals surface area contributed by atoms with Crippen LogP contribution in [0.25, 0.3) is 0 Å². The second-order valence-corrected chi connectivity index (χ2v) is 6.96. The van der Waals surface area contributed by atoms with E-state index in [0.29, 0.717) is 22.8 Å². The van der Waals surface area contributed by atoms with Crippen molar-refractivity contribution in [1.82, 2.24) is 0 Å². The van der Waals surface area contributed by atoms with Crippen LogP contribution in [0.3, 0.4) is 0 Å². The van der Waals surface area contributed by atoms with E-state index < -0.39 is 0 Å². The van der Waals surface area contributed by atoms with Crippen LogP contribution in [0.15, 0.2) is 42.5 Å². The maximum atomic E-state index is 12.3. The Kier molecular flexibility index (Phi) is 5.77. The van der Waals surface area contributed by atoms with Crippen molar-refractivity contribution in [2.45, 2.75) is 6.92 Å². The molecule has 1 saturated heterocycles. The zero-order chi connectivity index (χ0) is 18.5. The van der Waals surface area contributed by atoms with E-state index in [1.807, 2.05) is 6.07 Å². The van der Waals surface area contributed by atoms with Crippen LogP contribution in [0.1, 0.15) is 11.1 Å². The first-order valence-corrected chi connectivity index (χ1v) is 9.08. The van der Waals surface area contributed by atoms with Gasteiger partial charge in [0.2, 0.25) is 0 Å². The molecule has 2 N–H and O–H groups in total. The number of para-hydroxylation sites is 1. The molecule has 0 bridgehead atoms. The van der Waals surface area contributed by atoms with Gasteiger partial charge in [-0.25, -0.2) is 0 Å². The number of nitriles is 1. The molecular formula is C20H22ClN4O+. The predicted octanol–water partition coefficient (Wildman–Crippen LogP) is 1.86. The molecule has 0 spiro atoms. The maximum Gasteiger partial charge on any atom is 0.279 e. The van der Waals surface area contributed by atoms with Gasteiger partial charge in [0.15, 0.2) is 6.54 Å². The van der Waals surface area contributed by atoms with Crippen molar-refractivity contribution in [1.29, 1.82) is 5.26 Å². The molecule has 2 aromatic carbocycles. The monoisotopic (exact) mass is 369 g/mol. The third kappa shape index (κ3) is 4.34. The van der Waals surface area contributed by atoms with E-state index in [-0.39, 0.29) is 5.91 Å². The zero-order valence-electron chi connectivity index (χ0n) is 14.8.